The highest BCUT2D eigenvalue weighted by Gasteiger charge is 2.36. The van der Waals surface area contributed by atoms with Gasteiger partial charge in [-0.1, -0.05) is 30.3 Å². The third-order valence-corrected chi connectivity index (χ3v) is 3.57. The normalized spacial score (nSPS) is 21.5. The van der Waals surface area contributed by atoms with Crippen molar-refractivity contribution < 1.29 is 29.3 Å². The van der Waals surface area contributed by atoms with Crippen LogP contribution in [0.1, 0.15) is 18.4 Å². The maximum atomic E-state index is 11.1. The summed E-state index contributed by atoms with van der Waals surface area (Å²) in [6.07, 6.45) is -0.853. The molecule has 0 radical (unpaired) electrons. The standard InChI is InChI=1S/C15H19NO6/c17-14(18)13-7-6-12(8-16(13)15(19)20)22-10-21-9-11-4-2-1-3-5-11/h1-5,12-13H,6-10H2,(H,17,18)(H,19,20)/t12-,13-/m1/s1. The van der Waals surface area contributed by atoms with E-state index in [1.807, 2.05) is 30.3 Å². The minimum Gasteiger partial charge on any atom is -0.480 e. The zero-order valence-electron chi connectivity index (χ0n) is 12.1. The molecule has 0 unspecified atom stereocenters. The summed E-state index contributed by atoms with van der Waals surface area (Å²) < 4.78 is 10.9. The highest BCUT2D eigenvalue weighted by molar-refractivity contribution is 5.79. The van der Waals surface area contributed by atoms with Gasteiger partial charge in [-0.3, -0.25) is 4.90 Å². The van der Waals surface area contributed by atoms with Gasteiger partial charge in [0.1, 0.15) is 12.8 Å². The van der Waals surface area contributed by atoms with E-state index in [9.17, 15) is 9.59 Å². The third kappa shape index (κ3) is 4.44. The van der Waals surface area contributed by atoms with Gasteiger partial charge >= 0.3 is 12.1 Å². The van der Waals surface area contributed by atoms with Crippen LogP contribution in [-0.2, 0) is 20.9 Å². The minimum absolute atomic E-state index is 0.0427. The Morgan fingerprint density at radius 3 is 2.55 bits per heavy atom. The van der Waals surface area contributed by atoms with Crippen LogP contribution in [-0.4, -0.2) is 52.7 Å². The lowest BCUT2D eigenvalue weighted by molar-refractivity contribution is -0.149. The van der Waals surface area contributed by atoms with Gasteiger partial charge in [-0.15, -0.1) is 0 Å². The summed E-state index contributed by atoms with van der Waals surface area (Å²) in [4.78, 5) is 23.0. The fourth-order valence-electron chi connectivity index (χ4n) is 2.42. The number of likely N-dealkylation sites (tertiary alicyclic amines) is 1. The molecule has 7 heteroatoms. The number of aliphatic carboxylic acids is 1. The van der Waals surface area contributed by atoms with Gasteiger partial charge in [0.2, 0.25) is 0 Å². The maximum Gasteiger partial charge on any atom is 0.408 e. The van der Waals surface area contributed by atoms with E-state index < -0.39 is 18.1 Å². The number of rotatable bonds is 6. The quantitative estimate of drug-likeness (QED) is 0.614. The second-order valence-corrected chi connectivity index (χ2v) is 5.11. The molecule has 1 aliphatic heterocycles. The Morgan fingerprint density at radius 2 is 1.91 bits per heavy atom. The molecular weight excluding hydrogens is 290 g/mol. The van der Waals surface area contributed by atoms with E-state index in [4.69, 9.17) is 19.7 Å². The maximum absolute atomic E-state index is 11.1. The number of amides is 1. The van der Waals surface area contributed by atoms with Crippen molar-refractivity contribution in [3.63, 3.8) is 0 Å². The van der Waals surface area contributed by atoms with E-state index in [1.54, 1.807) is 0 Å². The predicted molar refractivity (Wildman–Crippen MR) is 76.4 cm³/mol. The molecule has 2 N–H and O–H groups in total. The molecule has 0 aliphatic carbocycles. The Morgan fingerprint density at radius 1 is 1.18 bits per heavy atom. The van der Waals surface area contributed by atoms with E-state index in [0.717, 1.165) is 10.5 Å². The van der Waals surface area contributed by atoms with Gasteiger partial charge in [-0.05, 0) is 18.4 Å². The molecule has 2 atom stereocenters. The van der Waals surface area contributed by atoms with Crippen molar-refractivity contribution in [1.82, 2.24) is 4.90 Å². The Kier molecular flexibility index (Phi) is 5.74. The number of piperidine rings is 1. The van der Waals surface area contributed by atoms with Gasteiger partial charge < -0.3 is 19.7 Å². The first-order chi connectivity index (χ1) is 10.6. The number of carboxylic acid groups (broad SMARTS) is 2. The molecule has 0 saturated carbocycles. The van der Waals surface area contributed by atoms with Crippen LogP contribution in [0.5, 0.6) is 0 Å². The van der Waals surface area contributed by atoms with Crippen molar-refractivity contribution in [1.29, 1.82) is 0 Å². The predicted octanol–water partition coefficient (Wildman–Crippen LogP) is 1.77. The van der Waals surface area contributed by atoms with Gasteiger partial charge in [-0.2, -0.15) is 0 Å². The number of ether oxygens (including phenoxy) is 2. The smallest absolute Gasteiger partial charge is 0.408 e. The zero-order valence-corrected chi connectivity index (χ0v) is 12.1. The monoisotopic (exact) mass is 309 g/mol. The molecule has 1 aromatic rings. The van der Waals surface area contributed by atoms with Crippen LogP contribution in [0.2, 0.25) is 0 Å². The van der Waals surface area contributed by atoms with Crippen molar-refractivity contribution in [3.05, 3.63) is 35.9 Å². The number of carbonyl (C=O) groups is 2. The lowest BCUT2D eigenvalue weighted by atomic mass is 10.0. The summed E-state index contributed by atoms with van der Waals surface area (Å²) in [6.45, 7) is 0.500. The van der Waals surface area contributed by atoms with Crippen LogP contribution in [0.4, 0.5) is 4.79 Å². The van der Waals surface area contributed by atoms with Gasteiger partial charge in [-0.25, -0.2) is 9.59 Å². The summed E-state index contributed by atoms with van der Waals surface area (Å²) in [7, 11) is 0. The summed E-state index contributed by atoms with van der Waals surface area (Å²) in [5.41, 5.74) is 1.02. The topological polar surface area (TPSA) is 96.3 Å². The molecule has 1 heterocycles. The van der Waals surface area contributed by atoms with E-state index in [0.29, 0.717) is 13.0 Å². The molecule has 0 spiro atoms. The highest BCUT2D eigenvalue weighted by atomic mass is 16.7. The van der Waals surface area contributed by atoms with Crippen LogP contribution >= 0.6 is 0 Å². The first kappa shape index (κ1) is 16.3. The molecule has 1 saturated heterocycles. The zero-order chi connectivity index (χ0) is 15.9. The molecule has 0 aromatic heterocycles. The van der Waals surface area contributed by atoms with Crippen LogP contribution < -0.4 is 0 Å². The number of carboxylic acids is 1. The first-order valence-electron chi connectivity index (χ1n) is 7.03. The van der Waals surface area contributed by atoms with E-state index in [-0.39, 0.29) is 25.9 Å². The fourth-order valence-corrected chi connectivity index (χ4v) is 2.42. The lowest BCUT2D eigenvalue weighted by Crippen LogP contribution is -2.52. The lowest BCUT2D eigenvalue weighted by Gasteiger charge is -2.35. The third-order valence-electron chi connectivity index (χ3n) is 3.57. The van der Waals surface area contributed by atoms with Crippen molar-refractivity contribution in [3.8, 4) is 0 Å². The fraction of sp³-hybridized carbons (Fsp3) is 0.467. The van der Waals surface area contributed by atoms with Crippen molar-refractivity contribution in [2.24, 2.45) is 0 Å². The van der Waals surface area contributed by atoms with Crippen molar-refractivity contribution >= 4 is 12.1 Å². The summed E-state index contributed by atoms with van der Waals surface area (Å²) in [5.74, 6) is -1.12. The van der Waals surface area contributed by atoms with E-state index in [1.165, 1.54) is 0 Å². The van der Waals surface area contributed by atoms with Gasteiger partial charge in [0, 0.05) is 0 Å². The molecule has 1 aromatic carbocycles. The number of hydrogen-bond donors (Lipinski definition) is 2. The Labute approximate surface area is 128 Å². The largest absolute Gasteiger partial charge is 0.480 e. The molecule has 7 nitrogen and oxygen atoms in total. The van der Waals surface area contributed by atoms with Gasteiger partial charge in [0.25, 0.3) is 0 Å². The van der Waals surface area contributed by atoms with Crippen LogP contribution in [0.25, 0.3) is 0 Å². The molecule has 120 valence electrons. The average Bonchev–Trinajstić information content (AvgIpc) is 2.52. The Hall–Kier alpha value is -2.12. The summed E-state index contributed by atoms with van der Waals surface area (Å²) in [5, 5.41) is 18.1. The molecule has 1 fully saturated rings. The van der Waals surface area contributed by atoms with Gasteiger partial charge in [0.05, 0.1) is 19.3 Å². The second kappa shape index (κ2) is 7.77. The number of nitrogens with zero attached hydrogens (tertiary/aromatic N) is 1. The SMILES string of the molecule is O=C(O)[C@H]1CC[C@@H](OCOCc2ccccc2)CN1C(=O)O. The summed E-state index contributed by atoms with van der Waals surface area (Å²) >= 11 is 0. The van der Waals surface area contributed by atoms with E-state index >= 15 is 0 Å². The highest BCUT2D eigenvalue weighted by Crippen LogP contribution is 2.20. The molecule has 1 aliphatic rings. The van der Waals surface area contributed by atoms with Gasteiger partial charge in [0.15, 0.2) is 0 Å². The first-order valence-corrected chi connectivity index (χ1v) is 7.03. The van der Waals surface area contributed by atoms with E-state index in [2.05, 4.69) is 0 Å². The molecular formula is C15H19NO6. The average molecular weight is 309 g/mol. The minimum atomic E-state index is -1.24. The van der Waals surface area contributed by atoms with Crippen molar-refractivity contribution in [2.75, 3.05) is 13.3 Å². The second-order valence-electron chi connectivity index (χ2n) is 5.11. The van der Waals surface area contributed by atoms with Crippen LogP contribution in [0.3, 0.4) is 0 Å². The molecule has 1 amide bonds. The number of benzene rings is 1. The Balaban J connectivity index is 1.75. The molecule has 0 bridgehead atoms. The van der Waals surface area contributed by atoms with Crippen LogP contribution in [0.15, 0.2) is 30.3 Å². The molecule has 22 heavy (non-hydrogen) atoms. The van der Waals surface area contributed by atoms with Crippen LogP contribution in [0, 0.1) is 0 Å². The Bertz CT molecular complexity index is 506. The summed E-state index contributed by atoms with van der Waals surface area (Å²) in [6, 6.07) is 8.62. The molecule has 2 rings (SSSR count). The number of hydrogen-bond acceptors (Lipinski definition) is 4. The van der Waals surface area contributed by atoms with Crippen molar-refractivity contribution in [2.45, 2.75) is 31.6 Å².